The maximum atomic E-state index is 12.9. The van der Waals surface area contributed by atoms with Crippen LogP contribution in [0.1, 0.15) is 22.0 Å². The summed E-state index contributed by atoms with van der Waals surface area (Å²) in [5.74, 6) is -0.220. The van der Waals surface area contributed by atoms with Gasteiger partial charge in [-0.25, -0.2) is 13.4 Å². The molecule has 0 fully saturated rings. The van der Waals surface area contributed by atoms with Crippen molar-refractivity contribution in [3.05, 3.63) is 71.1 Å². The highest BCUT2D eigenvalue weighted by Gasteiger charge is 2.27. The number of nitrogens with zero attached hydrogens (tertiary/aromatic N) is 2. The number of pyridine rings is 2. The first-order chi connectivity index (χ1) is 14.9. The average molecular weight is 461 g/mol. The van der Waals surface area contributed by atoms with Gasteiger partial charge in [-0.3, -0.25) is 14.5 Å². The van der Waals surface area contributed by atoms with Gasteiger partial charge < -0.3 is 14.8 Å². The van der Waals surface area contributed by atoms with E-state index >= 15 is 0 Å². The van der Waals surface area contributed by atoms with E-state index < -0.39 is 22.0 Å². The fourth-order valence-electron chi connectivity index (χ4n) is 3.06. The maximum Gasteiger partial charge on any atom is 0.265 e. The number of hydrogen-bond donors (Lipinski definition) is 2. The number of benzene rings is 1. The number of ether oxygens (including phenoxy) is 2. The topological polar surface area (TPSA) is 120 Å². The largest absolute Gasteiger partial charge is 0.495 e. The zero-order valence-electron chi connectivity index (χ0n) is 16.2. The molecule has 0 saturated heterocycles. The van der Waals surface area contributed by atoms with Gasteiger partial charge in [0.2, 0.25) is 5.88 Å². The Morgan fingerprint density at radius 3 is 2.84 bits per heavy atom. The minimum Gasteiger partial charge on any atom is -0.495 e. The first-order valence-electron chi connectivity index (χ1n) is 9.07. The van der Waals surface area contributed by atoms with E-state index in [0.29, 0.717) is 0 Å². The average Bonchev–Trinajstić information content (AvgIpc) is 2.93. The number of carbonyl (C=O) groups is 1. The number of nitrogens with one attached hydrogen (secondary N) is 2. The lowest BCUT2D eigenvalue weighted by atomic mass is 10.1. The first kappa shape index (κ1) is 20.9. The van der Waals surface area contributed by atoms with E-state index in [-0.39, 0.29) is 39.4 Å². The van der Waals surface area contributed by atoms with E-state index in [9.17, 15) is 13.2 Å². The molecule has 3 heterocycles. The van der Waals surface area contributed by atoms with Gasteiger partial charge in [-0.2, -0.15) is 0 Å². The van der Waals surface area contributed by atoms with Crippen molar-refractivity contribution in [1.29, 1.82) is 0 Å². The SMILES string of the molecule is COc1ccc(Cl)cc1S(=O)(=O)Nc1cnc2c(c1)C(=O)NC(c1cccnc1)CO2. The van der Waals surface area contributed by atoms with E-state index in [1.807, 2.05) is 6.07 Å². The van der Waals surface area contributed by atoms with Gasteiger partial charge in [0.05, 0.1) is 25.0 Å². The Kier molecular flexibility index (Phi) is 5.66. The van der Waals surface area contributed by atoms with Crippen molar-refractivity contribution in [3.8, 4) is 11.6 Å². The number of fused-ring (bicyclic) bond motifs is 1. The van der Waals surface area contributed by atoms with Crippen molar-refractivity contribution in [2.75, 3.05) is 18.4 Å². The maximum absolute atomic E-state index is 12.9. The van der Waals surface area contributed by atoms with Crippen molar-refractivity contribution in [1.82, 2.24) is 15.3 Å². The van der Waals surface area contributed by atoms with Crippen molar-refractivity contribution in [3.63, 3.8) is 0 Å². The lowest BCUT2D eigenvalue weighted by Gasteiger charge is -2.14. The molecule has 1 aromatic carbocycles. The zero-order valence-corrected chi connectivity index (χ0v) is 17.8. The molecular formula is C20H17ClN4O5S. The van der Waals surface area contributed by atoms with Crippen LogP contribution in [-0.2, 0) is 10.0 Å². The lowest BCUT2D eigenvalue weighted by molar-refractivity contribution is 0.0938. The Morgan fingerprint density at radius 1 is 1.26 bits per heavy atom. The molecule has 1 aliphatic heterocycles. The molecule has 1 aliphatic rings. The standard InChI is InChI=1S/C20H17ClN4O5S/c1-29-17-5-4-13(21)7-18(17)31(27,28)25-14-8-15-19(26)24-16(11-30-20(15)23-10-14)12-3-2-6-22-9-12/h2-10,16,25H,11H2,1H3,(H,24,26). The Hall–Kier alpha value is -3.37. The Balaban J connectivity index is 1.61. The van der Waals surface area contributed by atoms with Crippen LogP contribution in [0.25, 0.3) is 0 Å². The van der Waals surface area contributed by atoms with E-state index in [4.69, 9.17) is 21.1 Å². The summed E-state index contributed by atoms with van der Waals surface area (Å²) in [6, 6.07) is 8.75. The number of carbonyl (C=O) groups excluding carboxylic acids is 1. The van der Waals surface area contributed by atoms with Crippen molar-refractivity contribution < 1.29 is 22.7 Å². The fourth-order valence-corrected chi connectivity index (χ4v) is 4.53. The molecule has 1 atom stereocenters. The van der Waals surface area contributed by atoms with Crippen molar-refractivity contribution >= 4 is 33.2 Å². The lowest BCUT2D eigenvalue weighted by Crippen LogP contribution is -2.29. The highest BCUT2D eigenvalue weighted by Crippen LogP contribution is 2.30. The van der Waals surface area contributed by atoms with Crippen LogP contribution in [0.15, 0.2) is 59.9 Å². The summed E-state index contributed by atoms with van der Waals surface area (Å²) in [4.78, 5) is 20.8. The Labute approximate surface area is 183 Å². The number of rotatable bonds is 5. The molecule has 3 aromatic rings. The number of aromatic nitrogens is 2. The molecule has 1 unspecified atom stereocenters. The van der Waals surface area contributed by atoms with Gasteiger partial charge in [0.1, 0.15) is 22.8 Å². The van der Waals surface area contributed by atoms with Gasteiger partial charge in [0.15, 0.2) is 0 Å². The molecular weight excluding hydrogens is 444 g/mol. The molecule has 0 aliphatic carbocycles. The minimum atomic E-state index is -4.07. The summed E-state index contributed by atoms with van der Waals surface area (Å²) in [6.07, 6.45) is 4.53. The highest BCUT2D eigenvalue weighted by molar-refractivity contribution is 7.92. The number of methoxy groups -OCH3 is 1. The number of anilines is 1. The van der Waals surface area contributed by atoms with E-state index in [2.05, 4.69) is 20.0 Å². The second-order valence-corrected chi connectivity index (χ2v) is 8.69. The third-order valence-corrected chi connectivity index (χ3v) is 6.18. The van der Waals surface area contributed by atoms with Crippen LogP contribution in [-0.4, -0.2) is 38.0 Å². The zero-order chi connectivity index (χ0) is 22.0. The normalized spacial score (nSPS) is 15.8. The molecule has 160 valence electrons. The van der Waals surface area contributed by atoms with Crippen LogP contribution >= 0.6 is 11.6 Å². The van der Waals surface area contributed by atoms with Crippen molar-refractivity contribution in [2.45, 2.75) is 10.9 Å². The third kappa shape index (κ3) is 4.39. The number of halogens is 1. The second-order valence-electron chi connectivity index (χ2n) is 6.60. The highest BCUT2D eigenvalue weighted by atomic mass is 35.5. The van der Waals surface area contributed by atoms with Crippen LogP contribution in [0, 0.1) is 0 Å². The number of sulfonamides is 1. The molecule has 0 radical (unpaired) electrons. The molecule has 31 heavy (non-hydrogen) atoms. The number of hydrogen-bond acceptors (Lipinski definition) is 7. The van der Waals surface area contributed by atoms with Crippen molar-refractivity contribution in [2.24, 2.45) is 0 Å². The summed E-state index contributed by atoms with van der Waals surface area (Å²) in [7, 11) is -2.71. The van der Waals surface area contributed by atoms with Gasteiger partial charge in [-0.15, -0.1) is 0 Å². The minimum absolute atomic E-state index is 0.0827. The van der Waals surface area contributed by atoms with Crippen LogP contribution < -0.4 is 19.5 Å². The van der Waals surface area contributed by atoms with Crippen LogP contribution in [0.3, 0.4) is 0 Å². The van der Waals surface area contributed by atoms with E-state index in [1.54, 1.807) is 18.5 Å². The quantitative estimate of drug-likeness (QED) is 0.600. The van der Waals surface area contributed by atoms with Gasteiger partial charge >= 0.3 is 0 Å². The predicted molar refractivity (Wildman–Crippen MR) is 113 cm³/mol. The molecule has 4 rings (SSSR count). The number of amides is 1. The van der Waals surface area contributed by atoms with Crippen LogP contribution in [0.2, 0.25) is 5.02 Å². The summed E-state index contributed by atoms with van der Waals surface area (Å²) >= 11 is 5.95. The molecule has 2 aromatic heterocycles. The monoisotopic (exact) mass is 460 g/mol. The van der Waals surface area contributed by atoms with E-state index in [1.165, 1.54) is 37.6 Å². The third-order valence-electron chi connectivity index (χ3n) is 4.54. The summed E-state index contributed by atoms with van der Waals surface area (Å²) < 4.78 is 38.9. The molecule has 11 heteroatoms. The second kappa shape index (κ2) is 8.40. The molecule has 1 amide bonds. The first-order valence-corrected chi connectivity index (χ1v) is 10.9. The Bertz CT molecular complexity index is 1240. The molecule has 0 spiro atoms. The molecule has 0 bridgehead atoms. The molecule has 9 nitrogen and oxygen atoms in total. The Morgan fingerprint density at radius 2 is 2.10 bits per heavy atom. The summed E-state index contributed by atoms with van der Waals surface area (Å²) in [6.45, 7) is 0.155. The van der Waals surface area contributed by atoms with Gasteiger partial charge in [0.25, 0.3) is 15.9 Å². The van der Waals surface area contributed by atoms with Crippen LogP contribution in [0.5, 0.6) is 11.6 Å². The fraction of sp³-hybridized carbons (Fsp3) is 0.150. The van der Waals surface area contributed by atoms with Gasteiger partial charge in [-0.1, -0.05) is 17.7 Å². The summed E-state index contributed by atoms with van der Waals surface area (Å²) in [5, 5.41) is 3.07. The smallest absolute Gasteiger partial charge is 0.265 e. The van der Waals surface area contributed by atoms with E-state index in [0.717, 1.165) is 5.56 Å². The molecule has 2 N–H and O–H groups in total. The van der Waals surface area contributed by atoms with Crippen LogP contribution in [0.4, 0.5) is 5.69 Å². The predicted octanol–water partition coefficient (Wildman–Crippen LogP) is 2.80. The molecule has 0 saturated carbocycles. The summed E-state index contributed by atoms with van der Waals surface area (Å²) in [5.41, 5.74) is 0.960. The van der Waals surface area contributed by atoms with Gasteiger partial charge in [0, 0.05) is 17.4 Å². The van der Waals surface area contributed by atoms with Gasteiger partial charge in [-0.05, 0) is 35.9 Å².